The monoisotopic (exact) mass is 420 g/mol. The predicted molar refractivity (Wildman–Crippen MR) is 109 cm³/mol. The Bertz CT molecular complexity index is 820. The SMILES string of the molecule is O=C(COc1ccc(Cl)cc1)NC12CC(NCCOc3ccc(Cl)cc3)(C1)C2. The number of carbonyl (C=O) groups is 1. The van der Waals surface area contributed by atoms with Crippen molar-refractivity contribution in [1.29, 1.82) is 0 Å². The Morgan fingerprint density at radius 1 is 0.857 bits per heavy atom. The second-order valence-electron chi connectivity index (χ2n) is 7.61. The van der Waals surface area contributed by atoms with E-state index >= 15 is 0 Å². The van der Waals surface area contributed by atoms with Gasteiger partial charge in [0, 0.05) is 27.7 Å². The van der Waals surface area contributed by atoms with Crippen LogP contribution >= 0.6 is 23.2 Å². The van der Waals surface area contributed by atoms with Crippen molar-refractivity contribution in [1.82, 2.24) is 10.6 Å². The Hall–Kier alpha value is -1.95. The summed E-state index contributed by atoms with van der Waals surface area (Å²) < 4.78 is 11.2. The van der Waals surface area contributed by atoms with Crippen LogP contribution in [0.15, 0.2) is 48.5 Å². The number of halogens is 2. The molecule has 7 heteroatoms. The second-order valence-corrected chi connectivity index (χ2v) is 8.48. The van der Waals surface area contributed by atoms with Crippen LogP contribution < -0.4 is 20.1 Å². The molecule has 3 aliphatic rings. The topological polar surface area (TPSA) is 59.6 Å². The first-order valence-electron chi connectivity index (χ1n) is 9.29. The van der Waals surface area contributed by atoms with Gasteiger partial charge in [-0.25, -0.2) is 0 Å². The number of carbonyl (C=O) groups excluding carboxylic acids is 1. The van der Waals surface area contributed by atoms with E-state index in [0.29, 0.717) is 22.4 Å². The van der Waals surface area contributed by atoms with Crippen molar-refractivity contribution in [3.05, 3.63) is 58.6 Å². The Kier molecular flexibility index (Phi) is 5.41. The average molecular weight is 421 g/mol. The zero-order chi connectivity index (χ0) is 19.6. The molecule has 2 N–H and O–H groups in total. The van der Waals surface area contributed by atoms with Gasteiger partial charge in [-0.1, -0.05) is 23.2 Å². The first-order valence-corrected chi connectivity index (χ1v) is 10.0. The second kappa shape index (κ2) is 7.82. The molecular weight excluding hydrogens is 399 g/mol. The molecule has 0 spiro atoms. The maximum atomic E-state index is 12.1. The average Bonchev–Trinajstić information content (AvgIpc) is 2.63. The summed E-state index contributed by atoms with van der Waals surface area (Å²) in [4.78, 5) is 12.1. The first kappa shape index (κ1) is 19.4. The van der Waals surface area contributed by atoms with Crippen LogP contribution in [0.2, 0.25) is 10.0 Å². The number of rotatable bonds is 9. The minimum Gasteiger partial charge on any atom is -0.492 e. The number of benzene rings is 2. The fraction of sp³-hybridized carbons (Fsp3) is 0.381. The summed E-state index contributed by atoms with van der Waals surface area (Å²) in [6.45, 7) is 1.38. The number of hydrogen-bond donors (Lipinski definition) is 2. The van der Waals surface area contributed by atoms with Crippen LogP contribution in [-0.4, -0.2) is 36.7 Å². The number of hydrogen-bond acceptors (Lipinski definition) is 4. The molecule has 0 heterocycles. The van der Waals surface area contributed by atoms with Crippen LogP contribution in [0.4, 0.5) is 0 Å². The molecule has 148 valence electrons. The molecule has 3 aliphatic carbocycles. The molecule has 5 nitrogen and oxygen atoms in total. The van der Waals surface area contributed by atoms with E-state index in [1.54, 1.807) is 24.3 Å². The third-order valence-corrected chi connectivity index (χ3v) is 5.81. The van der Waals surface area contributed by atoms with Gasteiger partial charge in [-0.3, -0.25) is 4.79 Å². The van der Waals surface area contributed by atoms with Crippen LogP contribution in [0.25, 0.3) is 0 Å². The minimum atomic E-state index is -0.0886. The Balaban J connectivity index is 1.12. The van der Waals surface area contributed by atoms with Crippen molar-refractivity contribution in [3.8, 4) is 11.5 Å². The number of nitrogens with one attached hydrogen (secondary N) is 2. The van der Waals surface area contributed by atoms with E-state index in [1.807, 2.05) is 24.3 Å². The fourth-order valence-electron chi connectivity index (χ4n) is 4.14. The van der Waals surface area contributed by atoms with Crippen LogP contribution in [0.3, 0.4) is 0 Å². The van der Waals surface area contributed by atoms with Gasteiger partial charge in [-0.15, -0.1) is 0 Å². The lowest BCUT2D eigenvalue weighted by Crippen LogP contribution is -2.83. The molecule has 0 saturated heterocycles. The third kappa shape index (κ3) is 4.37. The van der Waals surface area contributed by atoms with Gasteiger partial charge in [0.25, 0.3) is 5.91 Å². The maximum absolute atomic E-state index is 12.1. The zero-order valence-electron chi connectivity index (χ0n) is 15.3. The van der Waals surface area contributed by atoms with Gasteiger partial charge in [0.15, 0.2) is 6.61 Å². The van der Waals surface area contributed by atoms with Crippen LogP contribution in [0.5, 0.6) is 11.5 Å². The molecule has 0 atom stereocenters. The van der Waals surface area contributed by atoms with Gasteiger partial charge in [-0.2, -0.15) is 0 Å². The van der Waals surface area contributed by atoms with Gasteiger partial charge in [0.2, 0.25) is 0 Å². The van der Waals surface area contributed by atoms with Gasteiger partial charge in [-0.05, 0) is 67.8 Å². The standard InChI is InChI=1S/C21H22Cl2N2O3/c22-15-1-5-17(6-2-15)27-10-9-24-20-12-21(13-20,14-20)25-19(26)11-28-18-7-3-16(23)4-8-18/h1-8,24H,9-14H2,(H,25,26). The highest BCUT2D eigenvalue weighted by molar-refractivity contribution is 6.30. The summed E-state index contributed by atoms with van der Waals surface area (Å²) in [6, 6.07) is 14.3. The molecule has 2 bridgehead atoms. The van der Waals surface area contributed by atoms with Crippen LogP contribution in [0.1, 0.15) is 19.3 Å². The highest BCUT2D eigenvalue weighted by atomic mass is 35.5. The largest absolute Gasteiger partial charge is 0.492 e. The van der Waals surface area contributed by atoms with E-state index in [1.165, 1.54) is 0 Å². The Labute approximate surface area is 174 Å². The van der Waals surface area contributed by atoms with E-state index in [4.69, 9.17) is 32.7 Å². The van der Waals surface area contributed by atoms with E-state index in [2.05, 4.69) is 10.6 Å². The van der Waals surface area contributed by atoms with Crippen molar-refractivity contribution < 1.29 is 14.3 Å². The normalized spacial score (nSPS) is 24.6. The molecule has 5 rings (SSSR count). The van der Waals surface area contributed by atoms with Crippen molar-refractivity contribution in [2.24, 2.45) is 0 Å². The molecular formula is C21H22Cl2N2O3. The van der Waals surface area contributed by atoms with E-state index in [9.17, 15) is 4.79 Å². The van der Waals surface area contributed by atoms with Gasteiger partial charge in [0.1, 0.15) is 18.1 Å². The summed E-state index contributed by atoms with van der Waals surface area (Å²) in [5.41, 5.74) is 0.0815. The molecule has 2 aromatic rings. The van der Waals surface area contributed by atoms with Crippen molar-refractivity contribution >= 4 is 29.1 Å². The lowest BCUT2D eigenvalue weighted by atomic mass is 9.44. The first-order chi connectivity index (χ1) is 13.5. The molecule has 28 heavy (non-hydrogen) atoms. The van der Waals surface area contributed by atoms with E-state index in [0.717, 1.165) is 31.6 Å². The van der Waals surface area contributed by atoms with Crippen molar-refractivity contribution in [3.63, 3.8) is 0 Å². The molecule has 2 aromatic carbocycles. The summed E-state index contributed by atoms with van der Waals surface area (Å²) in [5, 5.41) is 8.01. The molecule has 1 amide bonds. The van der Waals surface area contributed by atoms with E-state index < -0.39 is 0 Å². The van der Waals surface area contributed by atoms with Crippen LogP contribution in [0, 0.1) is 0 Å². The minimum absolute atomic E-state index is 0.0126. The van der Waals surface area contributed by atoms with E-state index in [-0.39, 0.29) is 23.6 Å². The predicted octanol–water partition coefficient (Wildman–Crippen LogP) is 3.83. The maximum Gasteiger partial charge on any atom is 0.258 e. The molecule has 0 aromatic heterocycles. The molecule has 0 aliphatic heterocycles. The zero-order valence-corrected chi connectivity index (χ0v) is 16.9. The van der Waals surface area contributed by atoms with Crippen LogP contribution in [-0.2, 0) is 4.79 Å². The summed E-state index contributed by atoms with van der Waals surface area (Å²) in [5.74, 6) is 1.36. The molecule has 3 saturated carbocycles. The molecule has 0 unspecified atom stereocenters. The van der Waals surface area contributed by atoms with Gasteiger partial charge < -0.3 is 20.1 Å². The van der Waals surface area contributed by atoms with Gasteiger partial charge >= 0.3 is 0 Å². The lowest BCUT2D eigenvalue weighted by Gasteiger charge is -2.70. The highest BCUT2D eigenvalue weighted by Gasteiger charge is 2.68. The smallest absolute Gasteiger partial charge is 0.258 e. The third-order valence-electron chi connectivity index (χ3n) is 5.30. The van der Waals surface area contributed by atoms with Crippen molar-refractivity contribution in [2.75, 3.05) is 19.8 Å². The Morgan fingerprint density at radius 3 is 1.96 bits per heavy atom. The lowest BCUT2D eigenvalue weighted by molar-refractivity contribution is -0.143. The Morgan fingerprint density at radius 2 is 1.39 bits per heavy atom. The van der Waals surface area contributed by atoms with Crippen molar-refractivity contribution in [2.45, 2.75) is 30.3 Å². The van der Waals surface area contributed by atoms with Gasteiger partial charge in [0.05, 0.1) is 0 Å². The molecule has 0 radical (unpaired) electrons. The summed E-state index contributed by atoms with van der Waals surface area (Å²) in [7, 11) is 0. The quantitative estimate of drug-likeness (QED) is 0.605. The summed E-state index contributed by atoms with van der Waals surface area (Å²) in [6.07, 6.45) is 2.86. The fourth-order valence-corrected chi connectivity index (χ4v) is 4.39. The highest BCUT2D eigenvalue weighted by Crippen LogP contribution is 2.60. The number of amides is 1. The molecule has 3 fully saturated rings. The summed E-state index contributed by atoms with van der Waals surface area (Å²) >= 11 is 11.7. The number of ether oxygens (including phenoxy) is 2.